The van der Waals surface area contributed by atoms with E-state index in [0.717, 1.165) is 5.75 Å². The second-order valence-corrected chi connectivity index (χ2v) is 6.33. The van der Waals surface area contributed by atoms with Crippen molar-refractivity contribution in [1.82, 2.24) is 19.5 Å². The molecule has 3 aromatic rings. The first kappa shape index (κ1) is 18.4. The summed E-state index contributed by atoms with van der Waals surface area (Å²) < 4.78 is 24.1. The summed E-state index contributed by atoms with van der Waals surface area (Å²) in [5.74, 6) is 1.65. The summed E-state index contributed by atoms with van der Waals surface area (Å²) in [6, 6.07) is 7.16. The number of hydrogen-bond donors (Lipinski definition) is 2. The van der Waals surface area contributed by atoms with Crippen molar-refractivity contribution in [2.24, 2.45) is 0 Å². The van der Waals surface area contributed by atoms with Gasteiger partial charge in [0, 0.05) is 7.11 Å². The van der Waals surface area contributed by atoms with Gasteiger partial charge >= 0.3 is 0 Å². The minimum atomic E-state index is -0.898. The third kappa shape index (κ3) is 3.21. The number of nitrogens with zero attached hydrogens (tertiary/aromatic N) is 4. The fourth-order valence-corrected chi connectivity index (χ4v) is 3.24. The first-order valence-corrected chi connectivity index (χ1v) is 8.68. The number of ether oxygens (including phenoxy) is 4. The summed E-state index contributed by atoms with van der Waals surface area (Å²) in [7, 11) is 3.11. The van der Waals surface area contributed by atoms with Crippen LogP contribution in [0.4, 0.5) is 5.82 Å². The molecule has 4 rings (SSSR count). The highest BCUT2D eigenvalue weighted by Gasteiger charge is 2.46. The Hall–Kier alpha value is -2.95. The summed E-state index contributed by atoms with van der Waals surface area (Å²) in [4.78, 5) is 12.4. The average molecular weight is 387 g/mol. The van der Waals surface area contributed by atoms with Gasteiger partial charge in [-0.25, -0.2) is 15.0 Å². The van der Waals surface area contributed by atoms with Gasteiger partial charge in [-0.15, -0.1) is 0 Å². The number of aromatic nitrogens is 4. The standard InChI is InChI=1S/C18H21N5O5/c1-25-10-3-5-11(6-4-10)27-7-12-14(24)15(26-2)18(28-12)23-9-22-13-16(19)20-8-21-17(13)23/h3-6,8-9,12,14-15,18,24H,7H2,1-2H3,(H2,19,20,21)/t12-,14-,15-,18-/m1/s1. The van der Waals surface area contributed by atoms with Gasteiger partial charge in [-0.1, -0.05) is 0 Å². The van der Waals surface area contributed by atoms with E-state index in [1.54, 1.807) is 42.3 Å². The number of aliphatic hydroxyl groups excluding tert-OH is 1. The summed E-state index contributed by atoms with van der Waals surface area (Å²) >= 11 is 0. The van der Waals surface area contributed by atoms with Gasteiger partial charge in [-0.05, 0) is 24.3 Å². The number of nitrogen functional groups attached to an aromatic ring is 1. The minimum absolute atomic E-state index is 0.146. The number of benzene rings is 1. The predicted molar refractivity (Wildman–Crippen MR) is 98.9 cm³/mol. The molecule has 1 aliphatic rings. The van der Waals surface area contributed by atoms with Gasteiger partial charge in [0.2, 0.25) is 0 Å². The highest BCUT2D eigenvalue weighted by atomic mass is 16.6. The van der Waals surface area contributed by atoms with Crippen LogP contribution in [-0.2, 0) is 9.47 Å². The van der Waals surface area contributed by atoms with Crippen LogP contribution in [0.3, 0.4) is 0 Å². The van der Waals surface area contributed by atoms with Gasteiger partial charge in [-0.2, -0.15) is 0 Å². The van der Waals surface area contributed by atoms with E-state index in [2.05, 4.69) is 15.0 Å². The van der Waals surface area contributed by atoms with E-state index in [-0.39, 0.29) is 12.4 Å². The Morgan fingerprint density at radius 1 is 1.14 bits per heavy atom. The van der Waals surface area contributed by atoms with Gasteiger partial charge < -0.3 is 29.8 Å². The summed E-state index contributed by atoms with van der Waals surface area (Å²) in [6.07, 6.45) is 0.138. The first-order valence-electron chi connectivity index (χ1n) is 8.68. The molecule has 0 spiro atoms. The zero-order valence-electron chi connectivity index (χ0n) is 15.4. The lowest BCUT2D eigenvalue weighted by Gasteiger charge is -2.19. The van der Waals surface area contributed by atoms with Crippen molar-refractivity contribution < 1.29 is 24.1 Å². The van der Waals surface area contributed by atoms with Crippen LogP contribution in [0.15, 0.2) is 36.9 Å². The van der Waals surface area contributed by atoms with Crippen LogP contribution in [0.5, 0.6) is 11.5 Å². The largest absolute Gasteiger partial charge is 0.497 e. The monoisotopic (exact) mass is 387 g/mol. The fraction of sp³-hybridized carbons (Fsp3) is 0.389. The SMILES string of the molecule is COc1ccc(OC[C@H]2O[C@@H](n3cnc4c(N)ncnc43)[C@H](OC)[C@@H]2O)cc1. The molecule has 1 saturated heterocycles. The normalized spacial score (nSPS) is 24.5. The third-order valence-electron chi connectivity index (χ3n) is 4.72. The molecule has 3 N–H and O–H groups in total. The Labute approximate surface area is 160 Å². The maximum atomic E-state index is 10.7. The topological polar surface area (TPSA) is 127 Å². The minimum Gasteiger partial charge on any atom is -0.497 e. The maximum absolute atomic E-state index is 10.7. The molecule has 1 fully saturated rings. The lowest BCUT2D eigenvalue weighted by molar-refractivity contribution is -0.0560. The van der Waals surface area contributed by atoms with Crippen molar-refractivity contribution in [3.05, 3.63) is 36.9 Å². The molecule has 0 radical (unpaired) electrons. The number of imidazole rings is 1. The van der Waals surface area contributed by atoms with Crippen LogP contribution in [0.2, 0.25) is 0 Å². The molecule has 1 aromatic carbocycles. The molecule has 10 heteroatoms. The number of rotatable bonds is 6. The van der Waals surface area contributed by atoms with Crippen molar-refractivity contribution in [3.8, 4) is 11.5 Å². The molecule has 10 nitrogen and oxygen atoms in total. The van der Waals surface area contributed by atoms with Crippen LogP contribution in [0, 0.1) is 0 Å². The summed E-state index contributed by atoms with van der Waals surface area (Å²) in [5, 5.41) is 10.7. The zero-order chi connectivity index (χ0) is 19.7. The highest BCUT2D eigenvalue weighted by Crippen LogP contribution is 2.34. The Morgan fingerprint density at radius 2 is 1.89 bits per heavy atom. The zero-order valence-corrected chi connectivity index (χ0v) is 15.4. The molecule has 1 aliphatic heterocycles. The Bertz CT molecular complexity index is 947. The second kappa shape index (κ2) is 7.58. The van der Waals surface area contributed by atoms with E-state index in [9.17, 15) is 5.11 Å². The molecule has 28 heavy (non-hydrogen) atoms. The molecule has 0 aliphatic carbocycles. The smallest absolute Gasteiger partial charge is 0.167 e. The summed E-state index contributed by atoms with van der Waals surface area (Å²) in [5.41, 5.74) is 6.81. The third-order valence-corrected chi connectivity index (χ3v) is 4.72. The van der Waals surface area contributed by atoms with Crippen LogP contribution in [-0.4, -0.2) is 63.8 Å². The number of methoxy groups -OCH3 is 2. The van der Waals surface area contributed by atoms with E-state index >= 15 is 0 Å². The van der Waals surface area contributed by atoms with Crippen molar-refractivity contribution in [2.45, 2.75) is 24.5 Å². The number of anilines is 1. The second-order valence-electron chi connectivity index (χ2n) is 6.33. The lowest BCUT2D eigenvalue weighted by Crippen LogP contribution is -2.35. The lowest BCUT2D eigenvalue weighted by atomic mass is 10.1. The van der Waals surface area contributed by atoms with Crippen LogP contribution in [0.25, 0.3) is 11.2 Å². The van der Waals surface area contributed by atoms with Crippen LogP contribution >= 0.6 is 0 Å². The van der Waals surface area contributed by atoms with Crippen molar-refractivity contribution in [2.75, 3.05) is 26.6 Å². The first-order chi connectivity index (χ1) is 13.6. The van der Waals surface area contributed by atoms with Gasteiger partial charge in [0.25, 0.3) is 0 Å². The number of nitrogens with two attached hydrogens (primary N) is 1. The van der Waals surface area contributed by atoms with E-state index in [4.69, 9.17) is 24.7 Å². The number of fused-ring (bicyclic) bond motifs is 1. The summed E-state index contributed by atoms with van der Waals surface area (Å²) in [6.45, 7) is 0.146. The predicted octanol–water partition coefficient (Wildman–Crippen LogP) is 0.769. The van der Waals surface area contributed by atoms with E-state index in [1.165, 1.54) is 13.4 Å². The highest BCUT2D eigenvalue weighted by molar-refractivity contribution is 5.81. The van der Waals surface area contributed by atoms with Gasteiger partial charge in [0.15, 0.2) is 17.7 Å². The average Bonchev–Trinajstić information content (AvgIpc) is 3.28. The molecule has 3 heterocycles. The van der Waals surface area contributed by atoms with Gasteiger partial charge in [0.05, 0.1) is 13.4 Å². The Morgan fingerprint density at radius 3 is 2.61 bits per heavy atom. The van der Waals surface area contributed by atoms with E-state index in [1.807, 2.05) is 0 Å². The molecule has 4 atom stereocenters. The van der Waals surface area contributed by atoms with Gasteiger partial charge in [-0.3, -0.25) is 4.57 Å². The van der Waals surface area contributed by atoms with Crippen LogP contribution < -0.4 is 15.2 Å². The fourth-order valence-electron chi connectivity index (χ4n) is 3.24. The molecule has 0 unspecified atom stereocenters. The van der Waals surface area contributed by atoms with E-state index < -0.39 is 24.5 Å². The van der Waals surface area contributed by atoms with Crippen LogP contribution in [0.1, 0.15) is 6.23 Å². The molecular weight excluding hydrogens is 366 g/mol. The van der Waals surface area contributed by atoms with Crippen molar-refractivity contribution in [1.29, 1.82) is 0 Å². The van der Waals surface area contributed by atoms with Gasteiger partial charge in [0.1, 0.15) is 48.3 Å². The quantitative estimate of drug-likeness (QED) is 0.630. The number of aliphatic hydroxyl groups is 1. The molecule has 148 valence electrons. The molecule has 2 aromatic heterocycles. The van der Waals surface area contributed by atoms with Crippen molar-refractivity contribution in [3.63, 3.8) is 0 Å². The molecule has 0 saturated carbocycles. The Balaban J connectivity index is 1.52. The molecule has 0 bridgehead atoms. The molecule has 0 amide bonds. The maximum Gasteiger partial charge on any atom is 0.167 e. The van der Waals surface area contributed by atoms with Crippen molar-refractivity contribution >= 4 is 17.0 Å². The Kier molecular flexibility index (Phi) is 4.99. The number of hydrogen-bond acceptors (Lipinski definition) is 9. The molecular formula is C18H21N5O5. The van der Waals surface area contributed by atoms with E-state index in [0.29, 0.717) is 16.9 Å².